The van der Waals surface area contributed by atoms with Gasteiger partial charge in [-0.25, -0.2) is 14.4 Å². The molecule has 0 aliphatic rings. The summed E-state index contributed by atoms with van der Waals surface area (Å²) in [5, 5.41) is 6.37. The zero-order valence-electron chi connectivity index (χ0n) is 17.6. The molecule has 9 heteroatoms. The van der Waals surface area contributed by atoms with Crippen molar-refractivity contribution in [1.82, 2.24) is 20.3 Å². The molecular formula is C23H22FN5O2S. The minimum atomic E-state index is -0.639. The van der Waals surface area contributed by atoms with E-state index < -0.39 is 11.7 Å². The van der Waals surface area contributed by atoms with Gasteiger partial charge in [0.1, 0.15) is 17.8 Å². The molecule has 2 N–H and O–H groups in total. The third-order valence-corrected chi connectivity index (χ3v) is 5.85. The number of hydrogen-bond donors (Lipinski definition) is 2. The molecule has 7 nitrogen and oxygen atoms in total. The predicted octanol–water partition coefficient (Wildman–Crippen LogP) is 4.34. The third-order valence-electron chi connectivity index (χ3n) is 5.11. The number of halogens is 1. The Kier molecular flexibility index (Phi) is 6.65. The highest BCUT2D eigenvalue weighted by Gasteiger charge is 2.21. The molecule has 0 saturated carbocycles. The van der Waals surface area contributed by atoms with Gasteiger partial charge in [0.25, 0.3) is 5.91 Å². The van der Waals surface area contributed by atoms with Crippen LogP contribution < -0.4 is 10.6 Å². The Labute approximate surface area is 188 Å². The van der Waals surface area contributed by atoms with Crippen molar-refractivity contribution >= 4 is 34.4 Å². The van der Waals surface area contributed by atoms with Crippen molar-refractivity contribution in [3.05, 3.63) is 72.1 Å². The van der Waals surface area contributed by atoms with E-state index in [2.05, 4.69) is 25.6 Å². The van der Waals surface area contributed by atoms with E-state index in [1.807, 2.05) is 36.6 Å². The molecule has 0 bridgehead atoms. The standard InChI is InChI=1S/C23H22FN5O2S/c1-25-23(30)21-16-6-3-5-15(22(16)27-11-17(21)24)14(12-32-2)10-26-20-9-18(28-13-29-20)19-7-4-8-31-19/h3-9,11,13-14H,10,12H2,1-2H3,(H,25,30)(H,26,28,29). The molecule has 4 rings (SSSR count). The molecule has 4 aromatic rings. The van der Waals surface area contributed by atoms with Crippen LogP contribution in [0.5, 0.6) is 0 Å². The van der Waals surface area contributed by atoms with Crippen molar-refractivity contribution in [2.75, 3.05) is 30.9 Å². The summed E-state index contributed by atoms with van der Waals surface area (Å²) in [5.74, 6) is 1.07. The molecule has 3 heterocycles. The van der Waals surface area contributed by atoms with Gasteiger partial charge in [-0.3, -0.25) is 9.78 Å². The lowest BCUT2D eigenvalue weighted by atomic mass is 9.95. The molecule has 32 heavy (non-hydrogen) atoms. The number of aromatic nitrogens is 3. The SMILES string of the molecule is CNC(=O)c1c(F)cnc2c(C(CNc3cc(-c4ccco4)ncn3)CSC)cccc12. The van der Waals surface area contributed by atoms with Crippen molar-refractivity contribution in [2.45, 2.75) is 5.92 Å². The van der Waals surface area contributed by atoms with E-state index in [-0.39, 0.29) is 11.5 Å². The molecular weight excluding hydrogens is 429 g/mol. The highest BCUT2D eigenvalue weighted by Crippen LogP contribution is 2.30. The first kappa shape index (κ1) is 21.8. The number of thioether (sulfide) groups is 1. The van der Waals surface area contributed by atoms with Gasteiger partial charge in [-0.15, -0.1) is 0 Å². The van der Waals surface area contributed by atoms with Gasteiger partial charge < -0.3 is 15.1 Å². The van der Waals surface area contributed by atoms with Crippen LogP contribution in [-0.2, 0) is 0 Å². The number of anilines is 1. The highest BCUT2D eigenvalue weighted by molar-refractivity contribution is 7.98. The largest absolute Gasteiger partial charge is 0.463 e. The van der Waals surface area contributed by atoms with E-state index in [4.69, 9.17) is 4.42 Å². The van der Waals surface area contributed by atoms with Crippen molar-refractivity contribution < 1.29 is 13.6 Å². The number of fused-ring (bicyclic) bond motifs is 1. The maximum absolute atomic E-state index is 14.4. The van der Waals surface area contributed by atoms with Crippen LogP contribution in [0.15, 0.2) is 59.6 Å². The van der Waals surface area contributed by atoms with Crippen LogP contribution in [0.3, 0.4) is 0 Å². The van der Waals surface area contributed by atoms with Gasteiger partial charge in [0, 0.05) is 36.7 Å². The fourth-order valence-corrected chi connectivity index (χ4v) is 4.31. The zero-order chi connectivity index (χ0) is 22.5. The first-order valence-corrected chi connectivity index (χ1v) is 11.4. The minimum Gasteiger partial charge on any atom is -0.463 e. The fourth-order valence-electron chi connectivity index (χ4n) is 3.61. The van der Waals surface area contributed by atoms with Crippen molar-refractivity contribution in [3.63, 3.8) is 0 Å². The Hall–Kier alpha value is -3.46. The Morgan fingerprint density at radius 2 is 2.09 bits per heavy atom. The maximum atomic E-state index is 14.4. The molecule has 0 aliphatic carbocycles. The van der Waals surface area contributed by atoms with Gasteiger partial charge in [0.05, 0.1) is 23.5 Å². The van der Waals surface area contributed by atoms with Gasteiger partial charge >= 0.3 is 0 Å². The van der Waals surface area contributed by atoms with Gasteiger partial charge in [-0.2, -0.15) is 11.8 Å². The summed E-state index contributed by atoms with van der Waals surface area (Å²) >= 11 is 1.70. The van der Waals surface area contributed by atoms with Crippen molar-refractivity contribution in [2.24, 2.45) is 0 Å². The second-order valence-electron chi connectivity index (χ2n) is 7.10. The van der Waals surface area contributed by atoms with Crippen LogP contribution in [-0.4, -0.2) is 46.5 Å². The number of amides is 1. The average molecular weight is 452 g/mol. The number of rotatable bonds is 8. The minimum absolute atomic E-state index is 0.00843. The summed E-state index contributed by atoms with van der Waals surface area (Å²) in [6.07, 6.45) is 6.23. The number of hydrogen-bond acceptors (Lipinski definition) is 7. The van der Waals surface area contributed by atoms with Crippen molar-refractivity contribution in [3.8, 4) is 11.5 Å². The lowest BCUT2D eigenvalue weighted by Gasteiger charge is -2.20. The van der Waals surface area contributed by atoms with Crippen LogP contribution in [0.2, 0.25) is 0 Å². The first-order valence-electron chi connectivity index (χ1n) is 10.00. The normalized spacial score (nSPS) is 12.0. The van der Waals surface area contributed by atoms with Gasteiger partial charge in [0.15, 0.2) is 11.6 Å². The summed E-state index contributed by atoms with van der Waals surface area (Å²) in [7, 11) is 1.48. The van der Waals surface area contributed by atoms with E-state index >= 15 is 0 Å². The van der Waals surface area contributed by atoms with Crippen LogP contribution in [0.4, 0.5) is 10.2 Å². The Morgan fingerprint density at radius 1 is 1.22 bits per heavy atom. The second-order valence-corrected chi connectivity index (χ2v) is 8.01. The molecule has 0 aliphatic heterocycles. The molecule has 1 aromatic carbocycles. The smallest absolute Gasteiger partial charge is 0.254 e. The molecule has 1 amide bonds. The molecule has 0 radical (unpaired) electrons. The molecule has 0 spiro atoms. The van der Waals surface area contributed by atoms with E-state index in [1.54, 1.807) is 24.1 Å². The van der Waals surface area contributed by atoms with E-state index in [0.29, 0.717) is 34.7 Å². The Balaban J connectivity index is 1.65. The van der Waals surface area contributed by atoms with Crippen LogP contribution in [0, 0.1) is 5.82 Å². The summed E-state index contributed by atoms with van der Waals surface area (Å²) < 4.78 is 19.8. The summed E-state index contributed by atoms with van der Waals surface area (Å²) in [6, 6.07) is 11.0. The Morgan fingerprint density at radius 3 is 2.84 bits per heavy atom. The third kappa shape index (κ3) is 4.43. The quantitative estimate of drug-likeness (QED) is 0.412. The average Bonchev–Trinajstić information content (AvgIpc) is 3.36. The van der Waals surface area contributed by atoms with E-state index in [1.165, 1.54) is 13.4 Å². The van der Waals surface area contributed by atoms with Crippen LogP contribution in [0.25, 0.3) is 22.4 Å². The predicted molar refractivity (Wildman–Crippen MR) is 124 cm³/mol. The first-order chi connectivity index (χ1) is 15.6. The Bertz CT molecular complexity index is 1230. The topological polar surface area (TPSA) is 92.9 Å². The molecule has 3 aromatic heterocycles. The second kappa shape index (κ2) is 9.78. The van der Waals surface area contributed by atoms with E-state index in [0.717, 1.165) is 17.5 Å². The summed E-state index contributed by atoms with van der Waals surface area (Å²) in [5.41, 5.74) is 2.25. The number of pyridine rings is 1. The number of carbonyl (C=O) groups excluding carboxylic acids is 1. The number of furan rings is 1. The lowest BCUT2D eigenvalue weighted by Crippen LogP contribution is -2.21. The van der Waals surface area contributed by atoms with Gasteiger partial charge in [-0.1, -0.05) is 18.2 Å². The summed E-state index contributed by atoms with van der Waals surface area (Å²) in [4.78, 5) is 25.2. The maximum Gasteiger partial charge on any atom is 0.254 e. The monoisotopic (exact) mass is 451 g/mol. The summed E-state index contributed by atoms with van der Waals surface area (Å²) in [6.45, 7) is 0.572. The van der Waals surface area contributed by atoms with Crippen LogP contribution in [0.1, 0.15) is 21.8 Å². The highest BCUT2D eigenvalue weighted by atomic mass is 32.2. The van der Waals surface area contributed by atoms with Crippen LogP contribution >= 0.6 is 11.8 Å². The lowest BCUT2D eigenvalue weighted by molar-refractivity contribution is 0.0960. The molecule has 0 saturated heterocycles. The fraction of sp³-hybridized carbons (Fsp3) is 0.217. The van der Waals surface area contributed by atoms with Crippen molar-refractivity contribution in [1.29, 1.82) is 0 Å². The number of nitrogens with zero attached hydrogens (tertiary/aromatic N) is 3. The molecule has 0 fully saturated rings. The van der Waals surface area contributed by atoms with Gasteiger partial charge in [0.2, 0.25) is 0 Å². The zero-order valence-corrected chi connectivity index (χ0v) is 18.4. The number of benzene rings is 1. The number of para-hydroxylation sites is 1. The molecule has 164 valence electrons. The van der Waals surface area contributed by atoms with E-state index in [9.17, 15) is 9.18 Å². The molecule has 1 unspecified atom stereocenters. The molecule has 1 atom stereocenters. The van der Waals surface area contributed by atoms with Gasteiger partial charge in [-0.05, 0) is 24.0 Å². The number of carbonyl (C=O) groups is 1. The number of nitrogens with one attached hydrogen (secondary N) is 2.